The Morgan fingerprint density at radius 2 is 1.74 bits per heavy atom. The van der Waals surface area contributed by atoms with Crippen molar-refractivity contribution in [2.45, 2.75) is 158 Å². The minimum atomic E-state index is -4.72. The second-order valence-corrected chi connectivity index (χ2v) is 22.0. The van der Waals surface area contributed by atoms with E-state index in [2.05, 4.69) is 27.0 Å². The molecule has 2 N–H and O–H groups in total. The molecule has 13 nitrogen and oxygen atoms in total. The van der Waals surface area contributed by atoms with Crippen molar-refractivity contribution in [2.24, 2.45) is 5.92 Å². The van der Waals surface area contributed by atoms with E-state index >= 15 is 4.39 Å². The van der Waals surface area contributed by atoms with Crippen molar-refractivity contribution in [1.29, 1.82) is 0 Å². The van der Waals surface area contributed by atoms with Crippen LogP contribution in [0.15, 0.2) is 54.6 Å². The minimum absolute atomic E-state index is 0.0197. The second kappa shape index (κ2) is 19.5. The van der Waals surface area contributed by atoms with E-state index in [0.717, 1.165) is 30.6 Å². The van der Waals surface area contributed by atoms with Crippen molar-refractivity contribution in [1.82, 2.24) is 25.1 Å². The number of nitrogens with zero attached hydrogens (tertiary/aromatic N) is 3. The number of amides is 3. The van der Waals surface area contributed by atoms with Gasteiger partial charge in [-0.25, -0.2) is 9.48 Å². The summed E-state index contributed by atoms with van der Waals surface area (Å²) < 4.78 is 86.2. The maximum atomic E-state index is 16.7. The zero-order chi connectivity index (χ0) is 47.1. The van der Waals surface area contributed by atoms with Crippen LogP contribution in [0.3, 0.4) is 0 Å². The topological polar surface area (TPSA) is 147 Å². The first-order valence-electron chi connectivity index (χ1n) is 23.3. The Balaban J connectivity index is 1.03. The summed E-state index contributed by atoms with van der Waals surface area (Å²) in [5.74, 6) is -3.41. The summed E-state index contributed by atoms with van der Waals surface area (Å²) in [4.78, 5) is 62.4. The number of carbonyl (C=O) groups is 4. The van der Waals surface area contributed by atoms with Crippen LogP contribution in [-0.2, 0) is 28.4 Å². The number of carbonyl (C=O) groups excluding carboxylic acids is 4. The zero-order valence-electron chi connectivity index (χ0n) is 37.8. The average molecular weight is 962 g/mol. The van der Waals surface area contributed by atoms with Gasteiger partial charge in [-0.05, 0) is 131 Å². The van der Waals surface area contributed by atoms with Crippen LogP contribution in [0.25, 0.3) is 10.1 Å². The molecule has 1 aromatic heterocycles. The molecule has 3 amide bonds. The third-order valence-corrected chi connectivity index (χ3v) is 17.3. The summed E-state index contributed by atoms with van der Waals surface area (Å²) >= 11 is 1.14. The van der Waals surface area contributed by atoms with Crippen LogP contribution in [0.2, 0.25) is 0 Å². The van der Waals surface area contributed by atoms with Crippen molar-refractivity contribution in [3.05, 3.63) is 65.0 Å². The van der Waals surface area contributed by atoms with E-state index in [1.54, 1.807) is 35.2 Å². The standard InChI is InChI=1S/C47H60F4N5O8PS/c1-5-20-62-45(60)29(4)53-65(61,64-35-10-8-7-9-11-35)41(48)30-12-17-39-31(21-30)22-40(66-39)42(57)52-37-15-13-32(54(6-2)34-24-36(25-34)63-47(49,50)51)23-33-14-16-38(56(33)43(37)58)44(59)55-27-28(3)26-46(55)18-19-46/h7-12,17,21-22,28-29,32-34,36-38,41H,5-6,13-16,18-20,23-27H2,1-4H3,(H,52,57)(H,53,61)/t28-,29+,32+,33-,34?,36?,37+,38+,41-,65?/m1/s1. The van der Waals surface area contributed by atoms with Crippen LogP contribution < -0.4 is 14.9 Å². The molecule has 2 aromatic carbocycles. The van der Waals surface area contributed by atoms with Crippen LogP contribution in [0.1, 0.15) is 119 Å². The lowest BCUT2D eigenvalue weighted by atomic mass is 9.84. The van der Waals surface area contributed by atoms with Crippen molar-refractivity contribution in [2.75, 3.05) is 19.7 Å². The normalized spacial score (nSPS) is 28.0. The number of hydrogen-bond acceptors (Lipinski definition) is 10. The highest BCUT2D eigenvalue weighted by atomic mass is 32.1. The molecule has 8 atom stereocenters. The predicted octanol–water partition coefficient (Wildman–Crippen LogP) is 8.87. The first-order chi connectivity index (χ1) is 31.4. The molecule has 0 bridgehead atoms. The third-order valence-electron chi connectivity index (χ3n) is 14.0. The van der Waals surface area contributed by atoms with Crippen LogP contribution in [-0.4, -0.2) is 112 Å². The van der Waals surface area contributed by atoms with Gasteiger partial charge in [-0.1, -0.05) is 45.0 Å². The Labute approximate surface area is 386 Å². The Bertz CT molecular complexity index is 2310. The van der Waals surface area contributed by atoms with Gasteiger partial charge in [0, 0.05) is 34.9 Å². The second-order valence-electron chi connectivity index (χ2n) is 18.9. The summed E-state index contributed by atoms with van der Waals surface area (Å²) in [6.45, 7) is 8.69. The Kier molecular flexibility index (Phi) is 14.3. The molecule has 360 valence electrons. The molecular formula is C47H60F4N5O8PS. The molecule has 1 unspecified atom stereocenters. The number of alkyl halides is 4. The molecule has 5 aliphatic rings. The summed E-state index contributed by atoms with van der Waals surface area (Å²) in [6.07, 6.45) is 0.553. The van der Waals surface area contributed by atoms with E-state index in [1.165, 1.54) is 31.2 Å². The predicted molar refractivity (Wildman–Crippen MR) is 241 cm³/mol. The Morgan fingerprint density at radius 1 is 1.00 bits per heavy atom. The smallest absolute Gasteiger partial charge is 0.465 e. The highest BCUT2D eigenvalue weighted by Crippen LogP contribution is 2.58. The van der Waals surface area contributed by atoms with Crippen molar-refractivity contribution >= 4 is 52.6 Å². The number of halogens is 4. The number of ether oxygens (including phenoxy) is 2. The quantitative estimate of drug-likeness (QED) is 0.0811. The third kappa shape index (κ3) is 10.3. The molecule has 66 heavy (non-hydrogen) atoms. The van der Waals surface area contributed by atoms with E-state index in [-0.39, 0.29) is 77.5 Å². The van der Waals surface area contributed by atoms with Gasteiger partial charge in [0.1, 0.15) is 23.9 Å². The first kappa shape index (κ1) is 48.4. The van der Waals surface area contributed by atoms with E-state index in [1.807, 2.05) is 18.7 Å². The number of fused-ring (bicyclic) bond motifs is 2. The fourth-order valence-corrected chi connectivity index (χ4v) is 13.6. The highest BCUT2D eigenvalue weighted by Gasteiger charge is 2.58. The van der Waals surface area contributed by atoms with Gasteiger partial charge in [0.15, 0.2) is 0 Å². The van der Waals surface area contributed by atoms with Crippen LogP contribution in [0.5, 0.6) is 5.75 Å². The van der Waals surface area contributed by atoms with Gasteiger partial charge in [0.2, 0.25) is 17.7 Å². The molecule has 3 aliphatic heterocycles. The van der Waals surface area contributed by atoms with Crippen LogP contribution in [0.4, 0.5) is 17.6 Å². The lowest BCUT2D eigenvalue weighted by Crippen LogP contribution is -2.60. The maximum absolute atomic E-state index is 16.7. The fraction of sp³-hybridized carbons (Fsp3) is 0.617. The number of hydrogen-bond donors (Lipinski definition) is 2. The molecule has 1 spiro atoms. The van der Waals surface area contributed by atoms with Crippen molar-refractivity contribution < 1.29 is 55.3 Å². The van der Waals surface area contributed by atoms with E-state index in [4.69, 9.17) is 9.26 Å². The van der Waals surface area contributed by atoms with Crippen LogP contribution in [0, 0.1) is 5.92 Å². The molecule has 19 heteroatoms. The van der Waals surface area contributed by atoms with Gasteiger partial charge < -0.3 is 24.4 Å². The molecule has 2 saturated carbocycles. The average Bonchev–Trinajstić information content (AvgIpc) is 3.54. The van der Waals surface area contributed by atoms with Crippen molar-refractivity contribution in [3.8, 4) is 5.75 Å². The molecular weight excluding hydrogens is 902 g/mol. The monoisotopic (exact) mass is 961 g/mol. The number of rotatable bonds is 16. The number of benzene rings is 2. The summed E-state index contributed by atoms with van der Waals surface area (Å²) in [6, 6.07) is 10.7. The zero-order valence-corrected chi connectivity index (χ0v) is 39.5. The van der Waals surface area contributed by atoms with Gasteiger partial charge in [-0.3, -0.25) is 33.4 Å². The first-order valence-corrected chi connectivity index (χ1v) is 25.8. The number of likely N-dealkylation sites (tertiary alicyclic amines) is 1. The summed E-state index contributed by atoms with van der Waals surface area (Å²) in [5, 5.41) is 6.05. The number of thiophene rings is 1. The molecule has 8 rings (SSSR count). The molecule has 2 aliphatic carbocycles. The number of para-hydroxylation sites is 1. The Morgan fingerprint density at radius 3 is 2.42 bits per heavy atom. The molecule has 0 radical (unpaired) electrons. The van der Waals surface area contributed by atoms with Crippen LogP contribution >= 0.6 is 18.9 Å². The summed E-state index contributed by atoms with van der Waals surface area (Å²) in [7, 11) is -4.51. The van der Waals surface area contributed by atoms with E-state index in [0.29, 0.717) is 61.2 Å². The molecule has 3 aromatic rings. The van der Waals surface area contributed by atoms with Gasteiger partial charge in [0.05, 0.1) is 17.6 Å². The maximum Gasteiger partial charge on any atom is 0.522 e. The lowest BCUT2D eigenvalue weighted by Gasteiger charge is -2.48. The Hall–Kier alpha value is -4.09. The molecule has 4 heterocycles. The SMILES string of the molecule is CCCOC(=O)[C@H](C)NP(=O)(Oc1ccccc1)[C@@H](F)c1ccc2sc(C(=O)N[C@H]3CC[C@H](N(CC)C4CC(OC(F)(F)F)C4)C[C@H]4CC[C@@H](C(=O)N5C[C@H](C)CC56CC6)N4C3=O)cc2c1. The fourth-order valence-electron chi connectivity index (χ4n) is 10.8. The van der Waals surface area contributed by atoms with E-state index in [9.17, 15) is 36.9 Å². The lowest BCUT2D eigenvalue weighted by molar-refractivity contribution is -0.354. The largest absolute Gasteiger partial charge is 0.522 e. The summed E-state index contributed by atoms with van der Waals surface area (Å²) in [5.41, 5.74) is -0.171. The van der Waals surface area contributed by atoms with Gasteiger partial charge in [-0.2, -0.15) is 0 Å². The molecule has 3 saturated heterocycles. The highest BCUT2D eigenvalue weighted by molar-refractivity contribution is 7.57. The molecule has 5 fully saturated rings. The van der Waals surface area contributed by atoms with Crippen molar-refractivity contribution in [3.63, 3.8) is 0 Å². The number of esters is 1. The van der Waals surface area contributed by atoms with Gasteiger partial charge in [-0.15, -0.1) is 24.5 Å². The van der Waals surface area contributed by atoms with Gasteiger partial charge in [0.25, 0.3) is 5.91 Å². The van der Waals surface area contributed by atoms with E-state index < -0.39 is 55.9 Å². The number of nitrogens with one attached hydrogen (secondary N) is 2. The van der Waals surface area contributed by atoms with Gasteiger partial charge >= 0.3 is 19.9 Å². The minimum Gasteiger partial charge on any atom is -0.465 e.